The SMILES string of the molecule is c1ccc(-c2cccc(-c3ccc(-c4nc(-c5ccc6c(c5)oc5ccccc56)nc(-c5cccc6c5oc5ccccc56)n4)cc3)c2)cc1. The van der Waals surface area contributed by atoms with E-state index in [1.165, 1.54) is 11.1 Å². The van der Waals surface area contributed by atoms with Gasteiger partial charge in [-0.15, -0.1) is 0 Å². The highest BCUT2D eigenvalue weighted by Gasteiger charge is 2.18. The highest BCUT2D eigenvalue weighted by Crippen LogP contribution is 2.37. The zero-order valence-corrected chi connectivity index (χ0v) is 26.7. The maximum Gasteiger partial charge on any atom is 0.167 e. The number of benzene rings is 7. The second kappa shape index (κ2) is 11.4. The molecule has 0 aliphatic carbocycles. The predicted molar refractivity (Wildman–Crippen MR) is 202 cm³/mol. The smallest absolute Gasteiger partial charge is 0.167 e. The minimum atomic E-state index is 0.541. The molecular weight excluding hydrogens is 615 g/mol. The Morgan fingerprint density at radius 2 is 0.820 bits per heavy atom. The van der Waals surface area contributed by atoms with Gasteiger partial charge in [0.2, 0.25) is 0 Å². The topological polar surface area (TPSA) is 65.0 Å². The van der Waals surface area contributed by atoms with Gasteiger partial charge in [0.1, 0.15) is 22.3 Å². The molecule has 0 saturated heterocycles. The summed E-state index contributed by atoms with van der Waals surface area (Å²) in [5.41, 5.74) is 10.4. The molecule has 50 heavy (non-hydrogen) atoms. The van der Waals surface area contributed by atoms with E-state index in [0.717, 1.165) is 71.7 Å². The summed E-state index contributed by atoms with van der Waals surface area (Å²) in [7, 11) is 0. The molecule has 0 radical (unpaired) electrons. The van der Waals surface area contributed by atoms with Crippen LogP contribution in [0.25, 0.3) is 100 Å². The first kappa shape index (κ1) is 28.2. The number of nitrogens with zero attached hydrogens (tertiary/aromatic N) is 3. The number of aromatic nitrogens is 3. The second-order valence-corrected chi connectivity index (χ2v) is 12.4. The first-order valence-electron chi connectivity index (χ1n) is 16.6. The lowest BCUT2D eigenvalue weighted by atomic mass is 9.98. The van der Waals surface area contributed by atoms with Gasteiger partial charge in [-0.3, -0.25) is 0 Å². The van der Waals surface area contributed by atoms with Gasteiger partial charge in [0.05, 0.1) is 5.56 Å². The molecule has 7 aromatic carbocycles. The van der Waals surface area contributed by atoms with Gasteiger partial charge in [0, 0.05) is 32.7 Å². The lowest BCUT2D eigenvalue weighted by Gasteiger charge is -2.10. The summed E-state index contributed by atoms with van der Waals surface area (Å²) < 4.78 is 12.7. The first-order valence-corrected chi connectivity index (χ1v) is 16.6. The molecule has 5 heteroatoms. The van der Waals surface area contributed by atoms with E-state index < -0.39 is 0 Å². The molecule has 5 nitrogen and oxygen atoms in total. The third-order valence-electron chi connectivity index (χ3n) is 9.36. The molecule has 0 fully saturated rings. The summed E-state index contributed by atoms with van der Waals surface area (Å²) in [6.45, 7) is 0. The number of fused-ring (bicyclic) bond motifs is 6. The highest BCUT2D eigenvalue weighted by atomic mass is 16.3. The van der Waals surface area contributed by atoms with Gasteiger partial charge in [0.25, 0.3) is 0 Å². The van der Waals surface area contributed by atoms with Crippen LogP contribution in [-0.2, 0) is 0 Å². The number of hydrogen-bond acceptors (Lipinski definition) is 5. The van der Waals surface area contributed by atoms with Crippen molar-refractivity contribution in [1.29, 1.82) is 0 Å². The van der Waals surface area contributed by atoms with Crippen molar-refractivity contribution in [2.24, 2.45) is 0 Å². The Hall–Kier alpha value is -6.85. The molecule has 0 saturated carbocycles. The van der Waals surface area contributed by atoms with E-state index in [4.69, 9.17) is 23.8 Å². The lowest BCUT2D eigenvalue weighted by molar-refractivity contribution is 0.668. The molecule has 234 valence electrons. The summed E-state index contributed by atoms with van der Waals surface area (Å²) in [6.07, 6.45) is 0. The van der Waals surface area contributed by atoms with E-state index in [1.807, 2.05) is 60.7 Å². The average Bonchev–Trinajstić information content (AvgIpc) is 3.76. The Labute approximate surface area is 287 Å². The minimum Gasteiger partial charge on any atom is -0.456 e. The zero-order valence-electron chi connectivity index (χ0n) is 26.7. The fourth-order valence-corrected chi connectivity index (χ4v) is 6.86. The van der Waals surface area contributed by atoms with Crippen LogP contribution in [0.1, 0.15) is 0 Å². The maximum atomic E-state index is 6.41. The van der Waals surface area contributed by atoms with Crippen molar-refractivity contribution in [3.63, 3.8) is 0 Å². The monoisotopic (exact) mass is 641 g/mol. The van der Waals surface area contributed by atoms with Crippen LogP contribution in [-0.4, -0.2) is 15.0 Å². The van der Waals surface area contributed by atoms with Crippen LogP contribution < -0.4 is 0 Å². The van der Waals surface area contributed by atoms with Crippen LogP contribution in [0.2, 0.25) is 0 Å². The number of rotatable bonds is 5. The summed E-state index contributed by atoms with van der Waals surface area (Å²) in [4.78, 5) is 15.2. The third-order valence-corrected chi connectivity index (χ3v) is 9.36. The van der Waals surface area contributed by atoms with Gasteiger partial charge < -0.3 is 8.83 Å². The van der Waals surface area contributed by atoms with Crippen molar-refractivity contribution in [1.82, 2.24) is 15.0 Å². The summed E-state index contributed by atoms with van der Waals surface area (Å²) in [6, 6.07) is 55.9. The van der Waals surface area contributed by atoms with Gasteiger partial charge in [-0.05, 0) is 58.7 Å². The van der Waals surface area contributed by atoms with Crippen LogP contribution >= 0.6 is 0 Å². The molecule has 0 N–H and O–H groups in total. The molecule has 0 spiro atoms. The lowest BCUT2D eigenvalue weighted by Crippen LogP contribution is -2.00. The fraction of sp³-hybridized carbons (Fsp3) is 0. The second-order valence-electron chi connectivity index (χ2n) is 12.4. The number of furan rings is 2. The Morgan fingerprint density at radius 3 is 1.60 bits per heavy atom. The number of para-hydroxylation sites is 3. The van der Waals surface area contributed by atoms with Crippen molar-refractivity contribution < 1.29 is 8.83 Å². The van der Waals surface area contributed by atoms with Crippen molar-refractivity contribution >= 4 is 43.9 Å². The van der Waals surface area contributed by atoms with Gasteiger partial charge in [0.15, 0.2) is 17.5 Å². The molecule has 10 aromatic rings. The van der Waals surface area contributed by atoms with E-state index in [-0.39, 0.29) is 0 Å². The van der Waals surface area contributed by atoms with E-state index in [0.29, 0.717) is 17.5 Å². The van der Waals surface area contributed by atoms with Crippen molar-refractivity contribution in [3.05, 3.63) is 164 Å². The van der Waals surface area contributed by atoms with Crippen LogP contribution in [0.5, 0.6) is 0 Å². The summed E-state index contributed by atoms with van der Waals surface area (Å²) in [5.74, 6) is 1.67. The zero-order chi connectivity index (χ0) is 33.0. The Balaban J connectivity index is 1.12. The predicted octanol–water partition coefficient (Wildman–Crippen LogP) is 12.0. The molecule has 0 bridgehead atoms. The van der Waals surface area contributed by atoms with Gasteiger partial charge in [-0.1, -0.05) is 127 Å². The largest absolute Gasteiger partial charge is 0.456 e. The quantitative estimate of drug-likeness (QED) is 0.187. The Morgan fingerprint density at radius 1 is 0.300 bits per heavy atom. The normalized spacial score (nSPS) is 11.6. The van der Waals surface area contributed by atoms with Crippen LogP contribution in [0.15, 0.2) is 173 Å². The van der Waals surface area contributed by atoms with Crippen LogP contribution in [0.3, 0.4) is 0 Å². The van der Waals surface area contributed by atoms with Gasteiger partial charge >= 0.3 is 0 Å². The van der Waals surface area contributed by atoms with E-state index >= 15 is 0 Å². The first-order chi connectivity index (χ1) is 24.7. The van der Waals surface area contributed by atoms with Crippen molar-refractivity contribution in [2.45, 2.75) is 0 Å². The molecule has 0 aliphatic rings. The standard InChI is InChI=1S/C45H27N3O2/c1-2-10-28(11-3-1)31-12-8-13-32(26-31)29-20-22-30(23-21-29)43-46-44(33-24-25-36-34-14-4-6-18-39(34)49-41(36)27-33)48-45(47-43)38-17-9-16-37-35-15-5-7-19-40(35)50-42(37)38/h1-27H. The highest BCUT2D eigenvalue weighted by molar-refractivity contribution is 6.09. The van der Waals surface area contributed by atoms with E-state index in [9.17, 15) is 0 Å². The molecular formula is C45H27N3O2. The average molecular weight is 642 g/mol. The molecule has 3 heterocycles. The fourth-order valence-electron chi connectivity index (χ4n) is 6.86. The molecule has 0 aliphatic heterocycles. The van der Waals surface area contributed by atoms with Gasteiger partial charge in [-0.25, -0.2) is 15.0 Å². The van der Waals surface area contributed by atoms with Crippen LogP contribution in [0.4, 0.5) is 0 Å². The maximum absolute atomic E-state index is 6.41. The summed E-state index contributed by atoms with van der Waals surface area (Å²) in [5, 5.41) is 4.21. The Bertz CT molecular complexity index is 2870. The molecule has 0 atom stereocenters. The molecule has 0 unspecified atom stereocenters. The van der Waals surface area contributed by atoms with Crippen molar-refractivity contribution in [2.75, 3.05) is 0 Å². The molecule has 0 amide bonds. The molecule has 3 aromatic heterocycles. The minimum absolute atomic E-state index is 0.541. The van der Waals surface area contributed by atoms with Gasteiger partial charge in [-0.2, -0.15) is 0 Å². The van der Waals surface area contributed by atoms with Crippen LogP contribution in [0, 0.1) is 0 Å². The van der Waals surface area contributed by atoms with Crippen molar-refractivity contribution in [3.8, 4) is 56.4 Å². The number of hydrogen-bond donors (Lipinski definition) is 0. The Kier molecular flexibility index (Phi) is 6.42. The third kappa shape index (κ3) is 4.75. The molecule has 10 rings (SSSR count). The van der Waals surface area contributed by atoms with E-state index in [1.54, 1.807) is 0 Å². The van der Waals surface area contributed by atoms with E-state index in [2.05, 4.69) is 103 Å². The summed E-state index contributed by atoms with van der Waals surface area (Å²) >= 11 is 0.